The number of ketones is 1. The van der Waals surface area contributed by atoms with E-state index in [9.17, 15) is 14.4 Å². The Balaban J connectivity index is 1.84. The maximum absolute atomic E-state index is 12.8. The van der Waals surface area contributed by atoms with Crippen molar-refractivity contribution in [3.8, 4) is 0 Å². The van der Waals surface area contributed by atoms with Gasteiger partial charge in [-0.15, -0.1) is 0 Å². The van der Waals surface area contributed by atoms with Gasteiger partial charge in [0.05, 0.1) is 19.9 Å². The van der Waals surface area contributed by atoms with E-state index in [4.69, 9.17) is 4.74 Å². The standard InChI is InChI=1S/C23H32N2O5/c1-15-17(13-18-20(29-3)14-21(27)25-18)24-16(2)23(15)19(26)11-9-7-5-6-8-10-12-22(28)30-4/h13-14,24H,5-12H2,1-4H3,(H,25,27)/b18-13-. The number of unbranched alkanes of at least 4 members (excludes halogenated alkanes) is 5. The van der Waals surface area contributed by atoms with Gasteiger partial charge in [0.1, 0.15) is 5.76 Å². The summed E-state index contributed by atoms with van der Waals surface area (Å²) in [5, 5.41) is 2.73. The Morgan fingerprint density at radius 1 is 1.00 bits per heavy atom. The van der Waals surface area contributed by atoms with Crippen molar-refractivity contribution in [2.24, 2.45) is 0 Å². The molecule has 1 amide bonds. The van der Waals surface area contributed by atoms with E-state index in [0.29, 0.717) is 24.3 Å². The lowest BCUT2D eigenvalue weighted by Crippen LogP contribution is -2.13. The highest BCUT2D eigenvalue weighted by atomic mass is 16.5. The largest absolute Gasteiger partial charge is 0.494 e. The molecule has 1 aromatic heterocycles. The molecule has 0 atom stereocenters. The Bertz CT molecular complexity index is 848. The number of nitrogens with one attached hydrogen (secondary N) is 2. The molecule has 7 heteroatoms. The molecule has 2 rings (SSSR count). The molecule has 7 nitrogen and oxygen atoms in total. The van der Waals surface area contributed by atoms with E-state index in [1.54, 1.807) is 6.08 Å². The van der Waals surface area contributed by atoms with Crippen LogP contribution in [-0.4, -0.2) is 36.9 Å². The molecule has 2 heterocycles. The van der Waals surface area contributed by atoms with Crippen LogP contribution in [-0.2, 0) is 19.1 Å². The fourth-order valence-electron chi connectivity index (χ4n) is 3.67. The smallest absolute Gasteiger partial charge is 0.305 e. The van der Waals surface area contributed by atoms with Gasteiger partial charge in [-0.2, -0.15) is 0 Å². The van der Waals surface area contributed by atoms with Crippen LogP contribution in [0, 0.1) is 13.8 Å². The Labute approximate surface area is 177 Å². The van der Waals surface area contributed by atoms with Gasteiger partial charge in [0, 0.05) is 35.9 Å². The van der Waals surface area contributed by atoms with Gasteiger partial charge in [-0.25, -0.2) is 0 Å². The number of carbonyl (C=O) groups excluding carboxylic acids is 3. The van der Waals surface area contributed by atoms with Gasteiger partial charge in [-0.3, -0.25) is 14.4 Å². The molecule has 30 heavy (non-hydrogen) atoms. The number of methoxy groups -OCH3 is 2. The zero-order chi connectivity index (χ0) is 22.1. The number of Topliss-reactive ketones (excluding diaryl/α,β-unsaturated/α-hetero) is 1. The fourth-order valence-corrected chi connectivity index (χ4v) is 3.67. The Morgan fingerprint density at radius 3 is 2.27 bits per heavy atom. The molecule has 0 spiro atoms. The predicted molar refractivity (Wildman–Crippen MR) is 115 cm³/mol. The lowest BCUT2D eigenvalue weighted by atomic mass is 10.00. The van der Waals surface area contributed by atoms with E-state index in [0.717, 1.165) is 61.0 Å². The average molecular weight is 417 g/mol. The predicted octanol–water partition coefficient (Wildman–Crippen LogP) is 4.11. The lowest BCUT2D eigenvalue weighted by molar-refractivity contribution is -0.140. The van der Waals surface area contributed by atoms with Crippen LogP contribution in [0.25, 0.3) is 6.08 Å². The molecule has 0 radical (unpaired) electrons. The van der Waals surface area contributed by atoms with Gasteiger partial charge in [0.15, 0.2) is 5.78 Å². The molecule has 2 N–H and O–H groups in total. The second-order valence-electron chi connectivity index (χ2n) is 7.54. The molecule has 0 saturated carbocycles. The van der Waals surface area contributed by atoms with Gasteiger partial charge in [0.25, 0.3) is 5.91 Å². The zero-order valence-corrected chi connectivity index (χ0v) is 18.4. The number of aryl methyl sites for hydroxylation is 1. The van der Waals surface area contributed by atoms with E-state index < -0.39 is 0 Å². The molecule has 0 fully saturated rings. The van der Waals surface area contributed by atoms with Crippen LogP contribution >= 0.6 is 0 Å². The number of ether oxygens (including phenoxy) is 2. The Kier molecular flexibility index (Phi) is 8.89. The third-order valence-corrected chi connectivity index (χ3v) is 5.31. The van der Waals surface area contributed by atoms with Gasteiger partial charge in [-0.05, 0) is 38.3 Å². The first-order valence-corrected chi connectivity index (χ1v) is 10.4. The van der Waals surface area contributed by atoms with Gasteiger partial charge >= 0.3 is 5.97 Å². The first-order chi connectivity index (χ1) is 14.4. The molecule has 0 bridgehead atoms. The van der Waals surface area contributed by atoms with Crippen LogP contribution in [0.2, 0.25) is 0 Å². The summed E-state index contributed by atoms with van der Waals surface area (Å²) in [7, 11) is 2.93. The Hall–Kier alpha value is -2.83. The summed E-state index contributed by atoms with van der Waals surface area (Å²) in [6.45, 7) is 3.81. The highest BCUT2D eigenvalue weighted by Crippen LogP contribution is 2.25. The third kappa shape index (κ3) is 6.34. The number of hydrogen-bond donors (Lipinski definition) is 2. The minimum absolute atomic E-state index is 0.134. The highest BCUT2D eigenvalue weighted by molar-refractivity contribution is 6.00. The summed E-state index contributed by atoms with van der Waals surface area (Å²) in [6.07, 6.45) is 10.0. The van der Waals surface area contributed by atoms with Crippen molar-refractivity contribution < 1.29 is 23.9 Å². The topological polar surface area (TPSA) is 97.5 Å². The number of H-pyrrole nitrogens is 1. The van der Waals surface area contributed by atoms with Crippen molar-refractivity contribution in [3.63, 3.8) is 0 Å². The summed E-state index contributed by atoms with van der Waals surface area (Å²) >= 11 is 0. The Morgan fingerprint density at radius 2 is 1.63 bits per heavy atom. The normalized spacial score (nSPS) is 14.6. The summed E-state index contributed by atoms with van der Waals surface area (Å²) in [6, 6.07) is 0. The number of hydrogen-bond acceptors (Lipinski definition) is 5. The summed E-state index contributed by atoms with van der Waals surface area (Å²) in [4.78, 5) is 38.6. The minimum atomic E-state index is -0.222. The molecular formula is C23H32N2O5. The molecule has 0 unspecified atom stereocenters. The third-order valence-electron chi connectivity index (χ3n) is 5.31. The SMILES string of the molecule is COC(=O)CCCCCCCCC(=O)c1c(C)[nH]c(/C=C2\NC(=O)C=C2OC)c1C. The van der Waals surface area contributed by atoms with Gasteiger partial charge < -0.3 is 19.8 Å². The molecule has 0 saturated heterocycles. The van der Waals surface area contributed by atoms with Gasteiger partial charge in [0.2, 0.25) is 0 Å². The second kappa shape index (κ2) is 11.4. The summed E-state index contributed by atoms with van der Waals surface area (Å²) in [5.74, 6) is 0.235. The lowest BCUT2D eigenvalue weighted by Gasteiger charge is -2.05. The van der Waals surface area contributed by atoms with Crippen molar-refractivity contribution in [1.82, 2.24) is 10.3 Å². The van der Waals surface area contributed by atoms with Crippen molar-refractivity contribution in [2.75, 3.05) is 14.2 Å². The van der Waals surface area contributed by atoms with Crippen LogP contribution in [0.1, 0.15) is 78.7 Å². The minimum Gasteiger partial charge on any atom is -0.494 e. The summed E-state index contributed by atoms with van der Waals surface area (Å²) in [5.41, 5.74) is 3.82. The molecule has 1 aromatic rings. The van der Waals surface area contributed by atoms with Crippen molar-refractivity contribution in [1.29, 1.82) is 0 Å². The molecule has 0 aliphatic carbocycles. The number of carbonyl (C=O) groups is 3. The van der Waals surface area contributed by atoms with Crippen LogP contribution < -0.4 is 5.32 Å². The van der Waals surface area contributed by atoms with Crippen LogP contribution in [0.5, 0.6) is 0 Å². The van der Waals surface area contributed by atoms with E-state index in [1.165, 1.54) is 20.3 Å². The first-order valence-electron chi connectivity index (χ1n) is 10.4. The van der Waals surface area contributed by atoms with Crippen molar-refractivity contribution in [2.45, 2.75) is 65.2 Å². The van der Waals surface area contributed by atoms with E-state index >= 15 is 0 Å². The second-order valence-corrected chi connectivity index (χ2v) is 7.54. The summed E-state index contributed by atoms with van der Waals surface area (Å²) < 4.78 is 9.84. The van der Waals surface area contributed by atoms with Gasteiger partial charge in [-0.1, -0.05) is 25.7 Å². The van der Waals surface area contributed by atoms with E-state index in [1.807, 2.05) is 13.8 Å². The van der Waals surface area contributed by atoms with Crippen LogP contribution in [0.3, 0.4) is 0 Å². The van der Waals surface area contributed by atoms with Crippen molar-refractivity contribution >= 4 is 23.7 Å². The first kappa shape index (κ1) is 23.4. The zero-order valence-electron chi connectivity index (χ0n) is 18.4. The molecule has 1 aliphatic heterocycles. The fraction of sp³-hybridized carbons (Fsp3) is 0.522. The highest BCUT2D eigenvalue weighted by Gasteiger charge is 2.21. The van der Waals surface area contributed by atoms with Crippen LogP contribution in [0.15, 0.2) is 17.5 Å². The van der Waals surface area contributed by atoms with Crippen LogP contribution in [0.4, 0.5) is 0 Å². The average Bonchev–Trinajstić information content (AvgIpc) is 3.21. The monoisotopic (exact) mass is 416 g/mol. The van der Waals surface area contributed by atoms with Crippen molar-refractivity contribution in [3.05, 3.63) is 40.0 Å². The molecule has 164 valence electrons. The molecule has 1 aliphatic rings. The number of amides is 1. The maximum atomic E-state index is 12.8. The van der Waals surface area contributed by atoms with E-state index in [-0.39, 0.29) is 17.7 Å². The number of aromatic nitrogens is 1. The maximum Gasteiger partial charge on any atom is 0.305 e. The molecular weight excluding hydrogens is 384 g/mol. The number of esters is 1. The number of rotatable bonds is 12. The van der Waals surface area contributed by atoms with E-state index in [2.05, 4.69) is 15.0 Å². The quantitative estimate of drug-likeness (QED) is 0.304. The number of aromatic amines is 1. The molecule has 0 aromatic carbocycles.